The van der Waals surface area contributed by atoms with Crippen molar-refractivity contribution in [1.29, 1.82) is 0 Å². The van der Waals surface area contributed by atoms with Crippen LogP contribution in [0, 0.1) is 6.92 Å². The van der Waals surface area contributed by atoms with Crippen LogP contribution in [0.25, 0.3) is 0 Å². The predicted molar refractivity (Wildman–Crippen MR) is 82.5 cm³/mol. The number of aliphatic hydroxyl groups excluding tert-OH is 2. The van der Waals surface area contributed by atoms with E-state index in [4.69, 9.17) is 9.84 Å². The van der Waals surface area contributed by atoms with Crippen molar-refractivity contribution < 1.29 is 14.9 Å². The largest absolute Gasteiger partial charge is 0.493 e. The molecule has 0 heterocycles. The predicted octanol–water partition coefficient (Wildman–Crippen LogP) is 2.98. The maximum Gasteiger partial charge on any atom is 0.126 e. The number of aliphatic hydroxyl groups is 2. The highest BCUT2D eigenvalue weighted by molar-refractivity contribution is 5.48. The monoisotopic (exact) mass is 280 g/mol. The summed E-state index contributed by atoms with van der Waals surface area (Å²) in [5.74, 6) is 0.940. The summed E-state index contributed by atoms with van der Waals surface area (Å²) in [5.41, 5.74) is 3.53. The van der Waals surface area contributed by atoms with Crippen molar-refractivity contribution in [3.8, 4) is 5.75 Å². The summed E-state index contributed by atoms with van der Waals surface area (Å²) in [5, 5.41) is 18.5. The summed E-state index contributed by atoms with van der Waals surface area (Å²) in [7, 11) is 0. The number of rotatable bonds is 6. The van der Waals surface area contributed by atoms with Gasteiger partial charge in [0.1, 0.15) is 5.75 Å². The lowest BCUT2D eigenvalue weighted by Gasteiger charge is -2.26. The Morgan fingerprint density at radius 1 is 1.25 bits per heavy atom. The van der Waals surface area contributed by atoms with Gasteiger partial charge in [-0.15, -0.1) is 0 Å². The van der Waals surface area contributed by atoms with Crippen LogP contribution < -0.4 is 4.74 Å². The average Bonchev–Trinajstić information content (AvgIpc) is 2.37. The Labute approximate surface area is 122 Å². The van der Waals surface area contributed by atoms with Crippen LogP contribution in [-0.2, 0) is 11.8 Å². The molecule has 0 saturated carbocycles. The fraction of sp³-hybridized carbons (Fsp3) is 0.647. The fourth-order valence-corrected chi connectivity index (χ4v) is 2.32. The number of ether oxygens (including phenoxy) is 1. The second-order valence-corrected chi connectivity index (χ2v) is 6.36. The molecule has 1 unspecified atom stereocenters. The van der Waals surface area contributed by atoms with Crippen molar-refractivity contribution in [2.45, 2.75) is 59.0 Å². The van der Waals surface area contributed by atoms with Crippen LogP contribution in [0.15, 0.2) is 12.1 Å². The Balaban J connectivity index is 3.17. The van der Waals surface area contributed by atoms with Crippen molar-refractivity contribution in [1.82, 2.24) is 0 Å². The SMILES string of the molecule is CCOc1c(CCC(O)CO)cc(C)cc1C(C)(C)C. The van der Waals surface area contributed by atoms with E-state index in [-0.39, 0.29) is 12.0 Å². The lowest BCUT2D eigenvalue weighted by Crippen LogP contribution is -2.17. The molecule has 1 atom stereocenters. The van der Waals surface area contributed by atoms with Gasteiger partial charge >= 0.3 is 0 Å². The standard InChI is InChI=1S/C17H28O3/c1-6-20-16-13(7-8-14(19)11-18)9-12(2)10-15(16)17(3,4)5/h9-10,14,18-19H,6-8,11H2,1-5H3. The fourth-order valence-electron chi connectivity index (χ4n) is 2.32. The molecule has 2 N–H and O–H groups in total. The molecule has 0 radical (unpaired) electrons. The van der Waals surface area contributed by atoms with E-state index in [0.29, 0.717) is 19.4 Å². The van der Waals surface area contributed by atoms with Crippen LogP contribution in [0.3, 0.4) is 0 Å². The Morgan fingerprint density at radius 3 is 2.40 bits per heavy atom. The highest BCUT2D eigenvalue weighted by Crippen LogP contribution is 2.36. The van der Waals surface area contributed by atoms with Crippen molar-refractivity contribution in [3.05, 3.63) is 28.8 Å². The van der Waals surface area contributed by atoms with Gasteiger partial charge in [0.05, 0.1) is 19.3 Å². The van der Waals surface area contributed by atoms with E-state index >= 15 is 0 Å². The molecule has 0 saturated heterocycles. The number of benzene rings is 1. The van der Waals surface area contributed by atoms with Gasteiger partial charge in [-0.25, -0.2) is 0 Å². The summed E-state index contributed by atoms with van der Waals surface area (Å²) in [6, 6.07) is 4.29. The summed E-state index contributed by atoms with van der Waals surface area (Å²) in [4.78, 5) is 0. The van der Waals surface area contributed by atoms with Gasteiger partial charge in [0, 0.05) is 5.56 Å². The molecule has 1 aromatic rings. The van der Waals surface area contributed by atoms with E-state index in [1.54, 1.807) is 0 Å². The number of hydrogen-bond donors (Lipinski definition) is 2. The smallest absolute Gasteiger partial charge is 0.126 e. The van der Waals surface area contributed by atoms with Crippen molar-refractivity contribution in [2.24, 2.45) is 0 Å². The molecule has 0 bridgehead atoms. The van der Waals surface area contributed by atoms with Gasteiger partial charge in [0.15, 0.2) is 0 Å². The molecular weight excluding hydrogens is 252 g/mol. The van der Waals surface area contributed by atoms with Crippen LogP contribution in [0.2, 0.25) is 0 Å². The van der Waals surface area contributed by atoms with Gasteiger partial charge in [-0.1, -0.05) is 38.5 Å². The van der Waals surface area contributed by atoms with Crippen LogP contribution in [0.1, 0.15) is 50.8 Å². The van der Waals surface area contributed by atoms with Crippen LogP contribution in [0.4, 0.5) is 0 Å². The third-order valence-corrected chi connectivity index (χ3v) is 3.36. The van der Waals surface area contributed by atoms with Gasteiger partial charge < -0.3 is 14.9 Å². The molecule has 114 valence electrons. The van der Waals surface area contributed by atoms with E-state index in [1.807, 2.05) is 6.92 Å². The van der Waals surface area contributed by atoms with E-state index < -0.39 is 6.10 Å². The van der Waals surface area contributed by atoms with Gasteiger partial charge in [-0.2, -0.15) is 0 Å². The van der Waals surface area contributed by atoms with E-state index in [1.165, 1.54) is 11.1 Å². The minimum Gasteiger partial charge on any atom is -0.493 e. The Kier molecular flexibility index (Phi) is 6.03. The average molecular weight is 280 g/mol. The molecule has 1 aromatic carbocycles. The topological polar surface area (TPSA) is 49.7 Å². The van der Waals surface area contributed by atoms with Gasteiger partial charge in [0.25, 0.3) is 0 Å². The normalized spacial score (nSPS) is 13.3. The highest BCUT2D eigenvalue weighted by atomic mass is 16.5. The van der Waals surface area contributed by atoms with Crippen LogP contribution >= 0.6 is 0 Å². The molecule has 0 spiro atoms. The third kappa shape index (κ3) is 4.50. The Bertz CT molecular complexity index is 433. The van der Waals surface area contributed by atoms with Gasteiger partial charge in [-0.05, 0) is 37.7 Å². The van der Waals surface area contributed by atoms with E-state index in [0.717, 1.165) is 11.3 Å². The molecule has 20 heavy (non-hydrogen) atoms. The van der Waals surface area contributed by atoms with Gasteiger partial charge in [0.2, 0.25) is 0 Å². The lowest BCUT2D eigenvalue weighted by molar-refractivity contribution is 0.0884. The Hall–Kier alpha value is -1.06. The first-order valence-electron chi connectivity index (χ1n) is 7.35. The second-order valence-electron chi connectivity index (χ2n) is 6.36. The third-order valence-electron chi connectivity index (χ3n) is 3.36. The molecule has 0 fully saturated rings. The molecule has 0 aliphatic heterocycles. The van der Waals surface area contributed by atoms with Crippen LogP contribution in [0.5, 0.6) is 5.75 Å². The molecule has 0 amide bonds. The molecule has 3 nitrogen and oxygen atoms in total. The molecule has 0 aliphatic rings. The number of hydrogen-bond acceptors (Lipinski definition) is 3. The molecule has 0 aliphatic carbocycles. The second kappa shape index (κ2) is 7.09. The minimum absolute atomic E-state index is 0.0147. The summed E-state index contributed by atoms with van der Waals surface area (Å²) in [6.07, 6.45) is 0.592. The summed E-state index contributed by atoms with van der Waals surface area (Å²) >= 11 is 0. The summed E-state index contributed by atoms with van der Waals surface area (Å²) < 4.78 is 5.87. The van der Waals surface area contributed by atoms with Crippen molar-refractivity contribution in [3.63, 3.8) is 0 Å². The van der Waals surface area contributed by atoms with Crippen molar-refractivity contribution in [2.75, 3.05) is 13.2 Å². The van der Waals surface area contributed by atoms with Gasteiger partial charge in [-0.3, -0.25) is 0 Å². The maximum absolute atomic E-state index is 9.55. The zero-order chi connectivity index (χ0) is 15.3. The molecule has 1 rings (SSSR count). The highest BCUT2D eigenvalue weighted by Gasteiger charge is 2.22. The lowest BCUT2D eigenvalue weighted by atomic mass is 9.83. The minimum atomic E-state index is -0.664. The van der Waals surface area contributed by atoms with Crippen molar-refractivity contribution >= 4 is 0 Å². The zero-order valence-electron chi connectivity index (χ0n) is 13.4. The first kappa shape index (κ1) is 17.0. The quantitative estimate of drug-likeness (QED) is 0.842. The molecular formula is C17H28O3. The zero-order valence-corrected chi connectivity index (χ0v) is 13.4. The molecule has 0 aromatic heterocycles. The first-order chi connectivity index (χ1) is 9.29. The van der Waals surface area contributed by atoms with E-state index in [9.17, 15) is 5.11 Å². The maximum atomic E-state index is 9.55. The van der Waals surface area contributed by atoms with Crippen LogP contribution in [-0.4, -0.2) is 29.5 Å². The number of aryl methyl sites for hydroxylation is 2. The van der Waals surface area contributed by atoms with E-state index in [2.05, 4.69) is 39.8 Å². The molecule has 3 heteroatoms. The first-order valence-corrected chi connectivity index (χ1v) is 7.35. The summed E-state index contributed by atoms with van der Waals surface area (Å²) in [6.45, 7) is 11.0. The Morgan fingerprint density at radius 2 is 1.90 bits per heavy atom.